The molecule has 1 aromatic heterocycles. The fraction of sp³-hybridized carbons (Fsp3) is 0.182. The molecule has 2 heterocycles. The minimum absolute atomic E-state index is 0.271. The molecule has 28 heavy (non-hydrogen) atoms. The number of anilines is 2. The summed E-state index contributed by atoms with van der Waals surface area (Å²) < 4.78 is 11.0. The zero-order valence-electron chi connectivity index (χ0n) is 15.4. The number of hydrogen-bond donors (Lipinski definition) is 2. The van der Waals surface area contributed by atoms with Gasteiger partial charge in [-0.25, -0.2) is 4.98 Å². The summed E-state index contributed by atoms with van der Waals surface area (Å²) in [5.41, 5.74) is 3.15. The lowest BCUT2D eigenvalue weighted by molar-refractivity contribution is 0.102. The van der Waals surface area contributed by atoms with Gasteiger partial charge in [0.15, 0.2) is 11.5 Å². The molecule has 0 bridgehead atoms. The molecule has 0 radical (unpaired) electrons. The van der Waals surface area contributed by atoms with E-state index in [4.69, 9.17) is 9.47 Å². The van der Waals surface area contributed by atoms with Crippen molar-refractivity contribution in [1.82, 2.24) is 4.98 Å². The van der Waals surface area contributed by atoms with Gasteiger partial charge >= 0.3 is 0 Å². The van der Waals surface area contributed by atoms with Crippen molar-refractivity contribution in [2.45, 2.75) is 6.42 Å². The molecule has 1 aliphatic heterocycles. The topological polar surface area (TPSA) is 72.5 Å². The lowest BCUT2D eigenvalue weighted by Crippen LogP contribution is -2.17. The molecule has 2 N–H and O–H groups in total. The number of nitrogens with one attached hydrogen (secondary N) is 2. The van der Waals surface area contributed by atoms with Crippen molar-refractivity contribution in [1.29, 1.82) is 0 Å². The average molecular weight is 375 g/mol. The monoisotopic (exact) mass is 375 g/mol. The van der Waals surface area contributed by atoms with Gasteiger partial charge in [-0.15, -0.1) is 0 Å². The third-order valence-corrected chi connectivity index (χ3v) is 4.38. The van der Waals surface area contributed by atoms with Crippen molar-refractivity contribution in [2.24, 2.45) is 0 Å². The Morgan fingerprint density at radius 2 is 1.71 bits per heavy atom. The minimum Gasteiger partial charge on any atom is -0.486 e. The maximum atomic E-state index is 12.4. The Labute approximate surface area is 163 Å². The second kappa shape index (κ2) is 8.43. The number of carbonyl (C=O) groups is 1. The van der Waals surface area contributed by atoms with Gasteiger partial charge in [-0.2, -0.15) is 0 Å². The molecule has 6 heteroatoms. The minimum atomic E-state index is -0.271. The van der Waals surface area contributed by atoms with Crippen LogP contribution in [0.4, 0.5) is 11.4 Å². The molecule has 0 atom stereocenters. The molecule has 0 saturated carbocycles. The third-order valence-electron chi connectivity index (χ3n) is 4.38. The maximum Gasteiger partial charge on any atom is 0.274 e. The highest BCUT2D eigenvalue weighted by Crippen LogP contribution is 2.32. The Morgan fingerprint density at radius 1 is 0.929 bits per heavy atom. The van der Waals surface area contributed by atoms with Gasteiger partial charge in [0.05, 0.1) is 11.9 Å². The SMILES string of the molecule is O=C(Nc1ccc2c(c1)OCCO2)c1ccc(NCCc2ccccc2)cn1. The van der Waals surface area contributed by atoms with Gasteiger partial charge in [0.25, 0.3) is 5.91 Å². The fourth-order valence-electron chi connectivity index (χ4n) is 2.94. The zero-order chi connectivity index (χ0) is 19.2. The van der Waals surface area contributed by atoms with E-state index in [-0.39, 0.29) is 5.91 Å². The molecular formula is C22H21N3O3. The summed E-state index contributed by atoms with van der Waals surface area (Å²) in [4.78, 5) is 16.7. The van der Waals surface area contributed by atoms with Crippen LogP contribution in [-0.4, -0.2) is 30.6 Å². The quantitative estimate of drug-likeness (QED) is 0.686. The van der Waals surface area contributed by atoms with Crippen molar-refractivity contribution in [3.63, 3.8) is 0 Å². The second-order valence-electron chi connectivity index (χ2n) is 6.41. The maximum absolute atomic E-state index is 12.4. The zero-order valence-corrected chi connectivity index (χ0v) is 15.4. The molecule has 0 saturated heterocycles. The molecule has 0 aliphatic carbocycles. The number of aromatic nitrogens is 1. The number of carbonyl (C=O) groups excluding carboxylic acids is 1. The van der Waals surface area contributed by atoms with Crippen LogP contribution in [0.5, 0.6) is 11.5 Å². The molecule has 6 nitrogen and oxygen atoms in total. The van der Waals surface area contributed by atoms with Crippen molar-refractivity contribution in [3.05, 3.63) is 78.1 Å². The van der Waals surface area contributed by atoms with Crippen molar-refractivity contribution in [3.8, 4) is 11.5 Å². The molecule has 3 aromatic rings. The van der Waals surface area contributed by atoms with E-state index in [0.29, 0.717) is 36.1 Å². The summed E-state index contributed by atoms with van der Waals surface area (Å²) in [6.45, 7) is 1.84. The summed E-state index contributed by atoms with van der Waals surface area (Å²) in [6, 6.07) is 19.2. The average Bonchev–Trinajstić information content (AvgIpc) is 2.75. The van der Waals surface area contributed by atoms with Crippen molar-refractivity contribution in [2.75, 3.05) is 30.4 Å². The van der Waals surface area contributed by atoms with Crippen LogP contribution in [0.1, 0.15) is 16.1 Å². The van der Waals surface area contributed by atoms with E-state index in [0.717, 1.165) is 18.7 Å². The van der Waals surface area contributed by atoms with Gasteiger partial charge in [-0.05, 0) is 36.2 Å². The second-order valence-corrected chi connectivity index (χ2v) is 6.41. The fourth-order valence-corrected chi connectivity index (χ4v) is 2.94. The highest BCUT2D eigenvalue weighted by molar-refractivity contribution is 6.03. The highest BCUT2D eigenvalue weighted by Gasteiger charge is 2.14. The third kappa shape index (κ3) is 4.40. The summed E-state index contributed by atoms with van der Waals surface area (Å²) in [5, 5.41) is 6.15. The lowest BCUT2D eigenvalue weighted by Gasteiger charge is -2.19. The molecule has 0 fully saturated rings. The Hall–Kier alpha value is -3.54. The largest absolute Gasteiger partial charge is 0.486 e. The van der Waals surface area contributed by atoms with Gasteiger partial charge in [-0.3, -0.25) is 4.79 Å². The van der Waals surface area contributed by atoms with E-state index in [9.17, 15) is 4.79 Å². The number of benzene rings is 2. The molecule has 0 unspecified atom stereocenters. The van der Waals surface area contributed by atoms with Crippen LogP contribution in [0.25, 0.3) is 0 Å². The predicted octanol–water partition coefficient (Wildman–Crippen LogP) is 3.76. The first kappa shape index (κ1) is 17.9. The van der Waals surface area contributed by atoms with Gasteiger partial charge in [0, 0.05) is 18.3 Å². The number of ether oxygens (including phenoxy) is 2. The number of hydrogen-bond acceptors (Lipinski definition) is 5. The van der Waals surface area contributed by atoms with E-state index in [2.05, 4.69) is 27.8 Å². The molecule has 1 amide bonds. The Balaban J connectivity index is 1.32. The summed E-state index contributed by atoms with van der Waals surface area (Å²) in [5.74, 6) is 1.05. The van der Waals surface area contributed by atoms with E-state index in [1.807, 2.05) is 24.3 Å². The summed E-state index contributed by atoms with van der Waals surface area (Å²) >= 11 is 0. The normalized spacial score (nSPS) is 12.3. The molecule has 0 spiro atoms. The predicted molar refractivity (Wildman–Crippen MR) is 108 cm³/mol. The van der Waals surface area contributed by atoms with Crippen LogP contribution in [0.2, 0.25) is 0 Å². The summed E-state index contributed by atoms with van der Waals surface area (Å²) in [7, 11) is 0. The van der Waals surface area contributed by atoms with Crippen LogP contribution in [0.3, 0.4) is 0 Å². The van der Waals surface area contributed by atoms with Crippen LogP contribution in [0.15, 0.2) is 66.9 Å². The highest BCUT2D eigenvalue weighted by atomic mass is 16.6. The number of nitrogens with zero attached hydrogens (tertiary/aromatic N) is 1. The van der Waals surface area contributed by atoms with Crippen LogP contribution < -0.4 is 20.1 Å². The Morgan fingerprint density at radius 3 is 2.50 bits per heavy atom. The lowest BCUT2D eigenvalue weighted by atomic mass is 10.1. The number of rotatable bonds is 6. The molecular weight excluding hydrogens is 354 g/mol. The smallest absolute Gasteiger partial charge is 0.274 e. The van der Waals surface area contributed by atoms with E-state index < -0.39 is 0 Å². The van der Waals surface area contributed by atoms with E-state index in [1.165, 1.54) is 5.56 Å². The van der Waals surface area contributed by atoms with Crippen LogP contribution in [0, 0.1) is 0 Å². The number of amides is 1. The van der Waals surface area contributed by atoms with Gasteiger partial charge in [0.2, 0.25) is 0 Å². The van der Waals surface area contributed by atoms with Gasteiger partial charge in [0.1, 0.15) is 18.9 Å². The molecule has 2 aromatic carbocycles. The Kier molecular flexibility index (Phi) is 5.38. The van der Waals surface area contributed by atoms with E-state index in [1.54, 1.807) is 30.5 Å². The van der Waals surface area contributed by atoms with Crippen LogP contribution >= 0.6 is 0 Å². The standard InChI is InChI=1S/C22H21N3O3/c26-22(25-17-7-9-20-21(14-17)28-13-12-27-20)19-8-6-18(15-24-19)23-11-10-16-4-2-1-3-5-16/h1-9,14-15,23H,10-13H2,(H,25,26). The summed E-state index contributed by atoms with van der Waals surface area (Å²) in [6.07, 6.45) is 2.59. The number of pyridine rings is 1. The molecule has 1 aliphatic rings. The van der Waals surface area contributed by atoms with Crippen LogP contribution in [-0.2, 0) is 6.42 Å². The van der Waals surface area contributed by atoms with Crippen molar-refractivity contribution >= 4 is 17.3 Å². The first-order valence-electron chi connectivity index (χ1n) is 9.23. The van der Waals surface area contributed by atoms with Gasteiger partial charge < -0.3 is 20.1 Å². The first-order chi connectivity index (χ1) is 13.8. The van der Waals surface area contributed by atoms with E-state index >= 15 is 0 Å². The van der Waals surface area contributed by atoms with Gasteiger partial charge in [-0.1, -0.05) is 30.3 Å². The number of fused-ring (bicyclic) bond motifs is 1. The Bertz CT molecular complexity index is 943. The first-order valence-corrected chi connectivity index (χ1v) is 9.23. The molecule has 142 valence electrons. The molecule has 4 rings (SSSR count). The van der Waals surface area contributed by atoms with Crippen molar-refractivity contribution < 1.29 is 14.3 Å².